The summed E-state index contributed by atoms with van der Waals surface area (Å²) in [6.07, 6.45) is 14.0. The lowest BCUT2D eigenvalue weighted by molar-refractivity contribution is -0.137. The molecule has 9 rings (SSSR count). The molecule has 2 fully saturated rings. The van der Waals surface area contributed by atoms with Crippen LogP contribution in [0.1, 0.15) is 170 Å². The van der Waals surface area contributed by atoms with Gasteiger partial charge in [0.2, 0.25) is 0 Å². The van der Waals surface area contributed by atoms with Gasteiger partial charge in [-0.2, -0.15) is 0 Å². The van der Waals surface area contributed by atoms with Gasteiger partial charge in [-0.05, 0) is 110 Å². The molecule has 11 nitrogen and oxygen atoms in total. The van der Waals surface area contributed by atoms with Gasteiger partial charge in [-0.15, -0.1) is 22.7 Å². The van der Waals surface area contributed by atoms with E-state index in [1.807, 2.05) is 86.0 Å². The lowest BCUT2D eigenvalue weighted by Crippen LogP contribution is -2.13. The zero-order valence-electron chi connectivity index (χ0n) is 43.5. The number of halogens is 1. The summed E-state index contributed by atoms with van der Waals surface area (Å²) in [7, 11) is 0. The molecule has 0 saturated heterocycles. The first-order valence-electron chi connectivity index (χ1n) is 26.5. The number of carbonyl (C=O) groups is 2. The molecule has 1 N–H and O–H groups in total. The van der Waals surface area contributed by atoms with E-state index in [0.717, 1.165) is 128 Å². The molecule has 2 aliphatic rings. The summed E-state index contributed by atoms with van der Waals surface area (Å²) in [5.74, 6) is 2.68. The van der Waals surface area contributed by atoms with Crippen LogP contribution in [0.4, 0.5) is 0 Å². The summed E-state index contributed by atoms with van der Waals surface area (Å²) in [5, 5.41) is 21.5. The van der Waals surface area contributed by atoms with Gasteiger partial charge in [0.25, 0.3) is 0 Å². The van der Waals surface area contributed by atoms with Gasteiger partial charge < -0.3 is 23.6 Å². The Morgan fingerprint density at radius 1 is 0.689 bits per heavy atom. The quantitative estimate of drug-likeness (QED) is 0.0467. The van der Waals surface area contributed by atoms with E-state index in [0.29, 0.717) is 74.4 Å². The first-order chi connectivity index (χ1) is 35.9. The third kappa shape index (κ3) is 16.1. The highest BCUT2D eigenvalue weighted by molar-refractivity contribution is 7.15. The predicted molar refractivity (Wildman–Crippen MR) is 294 cm³/mol. The summed E-state index contributed by atoms with van der Waals surface area (Å²) in [5.41, 5.74) is 8.30. The summed E-state index contributed by atoms with van der Waals surface area (Å²) >= 11 is 9.82. The Bertz CT molecular complexity index is 2860. The third-order valence-corrected chi connectivity index (χ3v) is 15.8. The molecule has 0 aliphatic heterocycles. The number of Topliss-reactive ketones (excluding diaryl/α,β-unsaturated/α-hetero) is 1. The number of aliphatic carboxylic acids is 1. The van der Waals surface area contributed by atoms with Gasteiger partial charge in [0, 0.05) is 79.3 Å². The molecule has 3 aromatic carbocycles. The second-order valence-corrected chi connectivity index (χ2v) is 23.6. The first kappa shape index (κ1) is 54.9. The van der Waals surface area contributed by atoms with Crippen molar-refractivity contribution in [2.24, 2.45) is 11.8 Å². The van der Waals surface area contributed by atoms with Crippen molar-refractivity contribution in [1.82, 2.24) is 20.3 Å². The highest BCUT2D eigenvalue weighted by Gasteiger charge is 2.38. The van der Waals surface area contributed by atoms with Crippen molar-refractivity contribution in [3.05, 3.63) is 151 Å². The molecular formula is C60H71ClN4O7S2. The Morgan fingerprint density at radius 3 is 1.59 bits per heavy atom. The largest absolute Gasteiger partial charge is 0.481 e. The third-order valence-electron chi connectivity index (χ3n) is 13.4. The Hall–Kier alpha value is -5.31. The molecule has 0 radical (unpaired) electrons. The van der Waals surface area contributed by atoms with Gasteiger partial charge in [-0.3, -0.25) is 9.59 Å². The van der Waals surface area contributed by atoms with Gasteiger partial charge >= 0.3 is 5.97 Å². The highest BCUT2D eigenvalue weighted by Crippen LogP contribution is 2.51. The number of hydrogen-bond acceptors (Lipinski definition) is 12. The smallest absolute Gasteiger partial charge is 0.304 e. The average molecular weight is 1060 g/mol. The molecule has 4 aromatic heterocycles. The number of carboxylic acids is 1. The number of nitrogens with zero attached hydrogens (tertiary/aromatic N) is 4. The summed E-state index contributed by atoms with van der Waals surface area (Å²) in [6, 6.07) is 26.2. The van der Waals surface area contributed by atoms with Crippen LogP contribution in [-0.2, 0) is 51.5 Å². The molecule has 2 saturated carbocycles. The van der Waals surface area contributed by atoms with E-state index < -0.39 is 5.97 Å². The molecule has 74 heavy (non-hydrogen) atoms. The van der Waals surface area contributed by atoms with Crippen LogP contribution < -0.4 is 0 Å². The standard InChI is InChI=1S/C34H39ClN2O3S.C26H32N2O4S/c1-22(2)16-31-36-20-30(41-31)34-32(25-13-14-25)33(37-40-34)27(10-7-15-39-21-24-8-5-4-6-9-24)19-28(38)18-26-12-11-23(3)17-29(26)35;1-17(2)13-22-27-15-21(33-22)26-24(19-10-11-19)25(28-32-26)20(14-23(29)30)9-6-12-31-16-18-7-4-3-5-8-18/h4-6,8-9,11-12,17,20,22,25,27H,7,10,13-16,18-19,21H2,1-3H3;3-5,7-8,15,17,19-20H,6,9-14,16H2,1-2H3,(H,29,30)/t27-;20-/m00/s1. The normalized spacial score (nSPS) is 14.3. The molecule has 0 amide bonds. The van der Waals surface area contributed by atoms with Crippen LogP contribution in [-0.4, -0.2) is 50.4 Å². The number of aromatic nitrogens is 4. The Labute approximate surface area is 449 Å². The lowest BCUT2D eigenvalue weighted by atomic mass is 9.88. The minimum absolute atomic E-state index is 0.0387. The van der Waals surface area contributed by atoms with Gasteiger partial charge in [-0.25, -0.2) is 9.97 Å². The number of benzene rings is 3. The number of carbonyl (C=O) groups excluding carboxylic acids is 1. The van der Waals surface area contributed by atoms with E-state index >= 15 is 0 Å². The fourth-order valence-electron chi connectivity index (χ4n) is 9.44. The van der Waals surface area contributed by atoms with Crippen molar-refractivity contribution in [3.63, 3.8) is 0 Å². The number of carboxylic acid groups (broad SMARTS) is 1. The van der Waals surface area contributed by atoms with E-state index in [4.69, 9.17) is 30.1 Å². The Balaban J connectivity index is 0.000000202. The number of aryl methyl sites for hydroxylation is 1. The van der Waals surface area contributed by atoms with Crippen LogP contribution in [0.5, 0.6) is 0 Å². The minimum atomic E-state index is -0.812. The fourth-order valence-corrected chi connectivity index (χ4v) is 12.0. The molecule has 7 aromatic rings. The highest BCUT2D eigenvalue weighted by atomic mass is 35.5. The minimum Gasteiger partial charge on any atom is -0.481 e. The Kier molecular flexibility index (Phi) is 20.0. The lowest BCUT2D eigenvalue weighted by Gasteiger charge is -2.16. The maximum Gasteiger partial charge on any atom is 0.304 e. The molecule has 392 valence electrons. The second kappa shape index (κ2) is 27.0. The van der Waals surface area contributed by atoms with Gasteiger partial charge in [-0.1, -0.05) is 122 Å². The number of rotatable bonds is 28. The zero-order chi connectivity index (χ0) is 52.0. The topological polar surface area (TPSA) is 151 Å². The Morgan fingerprint density at radius 2 is 1.16 bits per heavy atom. The number of ether oxygens (including phenoxy) is 2. The van der Waals surface area contributed by atoms with E-state index in [9.17, 15) is 14.7 Å². The van der Waals surface area contributed by atoms with Crippen LogP contribution in [0.15, 0.2) is 100 Å². The van der Waals surface area contributed by atoms with Crippen molar-refractivity contribution in [2.45, 2.75) is 155 Å². The number of ketones is 1. The van der Waals surface area contributed by atoms with Crippen molar-refractivity contribution >= 4 is 46.0 Å². The summed E-state index contributed by atoms with van der Waals surface area (Å²) in [6.45, 7) is 13.1. The molecule has 0 unspecified atom stereocenters. The predicted octanol–water partition coefficient (Wildman–Crippen LogP) is 15.5. The van der Waals surface area contributed by atoms with Crippen LogP contribution in [0.3, 0.4) is 0 Å². The van der Waals surface area contributed by atoms with Gasteiger partial charge in [0.1, 0.15) is 5.78 Å². The summed E-state index contributed by atoms with van der Waals surface area (Å²) < 4.78 is 23.7. The van der Waals surface area contributed by atoms with Crippen molar-refractivity contribution in [3.8, 4) is 21.3 Å². The van der Waals surface area contributed by atoms with Crippen LogP contribution in [0, 0.1) is 18.8 Å². The first-order valence-corrected chi connectivity index (χ1v) is 28.5. The maximum atomic E-state index is 13.4. The van der Waals surface area contributed by atoms with E-state index in [-0.39, 0.29) is 24.0 Å². The fraction of sp³-hybridized carbons (Fsp3) is 0.467. The van der Waals surface area contributed by atoms with Gasteiger partial charge in [0.05, 0.1) is 50.8 Å². The van der Waals surface area contributed by atoms with Crippen molar-refractivity contribution in [2.75, 3.05) is 13.2 Å². The second-order valence-electron chi connectivity index (χ2n) is 21.0. The molecule has 2 aliphatic carbocycles. The molecule has 0 spiro atoms. The van der Waals surface area contributed by atoms with E-state index in [2.05, 4.69) is 60.1 Å². The number of thiazole rings is 2. The van der Waals surface area contributed by atoms with Crippen molar-refractivity contribution < 1.29 is 33.2 Å². The van der Waals surface area contributed by atoms with E-state index in [1.54, 1.807) is 22.7 Å². The maximum absolute atomic E-state index is 13.4. The number of hydrogen-bond donors (Lipinski definition) is 1. The molecule has 0 bridgehead atoms. The summed E-state index contributed by atoms with van der Waals surface area (Å²) in [4.78, 5) is 36.3. The molecule has 2 atom stereocenters. The SMILES string of the molecule is CC(C)Cc1ncc(-c2onc([C@@H](CCCOCc3ccccc3)CC(=O)O)c2C2CC2)s1.Cc1ccc(CC(=O)C[C@H](CCCOCc2ccccc2)c2noc(-c3cnc(CC(C)C)s3)c2C2CC2)c(Cl)c1. The van der Waals surface area contributed by atoms with Gasteiger partial charge in [0.15, 0.2) is 11.5 Å². The van der Waals surface area contributed by atoms with E-state index in [1.165, 1.54) is 5.56 Å². The molecule has 14 heteroatoms. The monoisotopic (exact) mass is 1060 g/mol. The van der Waals surface area contributed by atoms with Crippen LogP contribution in [0.25, 0.3) is 21.3 Å². The average Bonchev–Trinajstić information content (AvgIpc) is 4.18. The molecular weight excluding hydrogens is 988 g/mol. The van der Waals surface area contributed by atoms with Crippen LogP contribution >= 0.6 is 34.3 Å². The van der Waals surface area contributed by atoms with Crippen molar-refractivity contribution in [1.29, 1.82) is 0 Å². The molecule has 4 heterocycles. The van der Waals surface area contributed by atoms with Crippen LogP contribution in [0.2, 0.25) is 5.02 Å². The zero-order valence-corrected chi connectivity index (χ0v) is 45.9.